The summed E-state index contributed by atoms with van der Waals surface area (Å²) in [5, 5.41) is 9.46. The summed E-state index contributed by atoms with van der Waals surface area (Å²) < 4.78 is 26.0. The fourth-order valence-corrected chi connectivity index (χ4v) is 3.86. The van der Waals surface area contributed by atoms with Crippen LogP contribution in [-0.4, -0.2) is 8.42 Å². The molecule has 0 fully saturated rings. The van der Waals surface area contributed by atoms with Gasteiger partial charge in [0.1, 0.15) is 11.0 Å². The fraction of sp³-hybridized carbons (Fsp3) is 0. The van der Waals surface area contributed by atoms with Crippen molar-refractivity contribution in [3.05, 3.63) is 67.5 Å². The van der Waals surface area contributed by atoms with Crippen molar-refractivity contribution in [3.63, 3.8) is 0 Å². The topological polar surface area (TPSA) is 57.9 Å². The maximum absolute atomic E-state index is 12.6. The monoisotopic (exact) mass is 415 g/mol. The third-order valence-electron chi connectivity index (χ3n) is 2.75. The molecule has 3 nitrogen and oxygen atoms in total. The molecular weight excluding hydrogens is 409 g/mol. The van der Waals surface area contributed by atoms with Crippen LogP contribution in [0.5, 0.6) is 0 Å². The summed E-state index contributed by atoms with van der Waals surface area (Å²) in [5.74, 6) is 0. The maximum atomic E-state index is 12.6. The Labute approximate surface area is 146 Å². The van der Waals surface area contributed by atoms with Crippen molar-refractivity contribution in [2.75, 3.05) is 0 Å². The van der Waals surface area contributed by atoms with Crippen LogP contribution in [0.4, 0.5) is 0 Å². The van der Waals surface area contributed by atoms with Crippen LogP contribution in [0.1, 0.15) is 5.56 Å². The Balaban J connectivity index is 2.57. The zero-order valence-corrected chi connectivity index (χ0v) is 14.8. The predicted octanol–water partition coefficient (Wildman–Crippen LogP) is 5.09. The van der Waals surface area contributed by atoms with Gasteiger partial charge >= 0.3 is 0 Å². The fourth-order valence-electron chi connectivity index (χ4n) is 1.68. The molecule has 2 aromatic carbocycles. The Morgan fingerprint density at radius 3 is 2.36 bits per heavy atom. The van der Waals surface area contributed by atoms with Gasteiger partial charge < -0.3 is 0 Å². The second kappa shape index (κ2) is 6.84. The van der Waals surface area contributed by atoms with E-state index in [2.05, 4.69) is 15.9 Å². The van der Waals surface area contributed by atoms with Crippen LogP contribution in [0.3, 0.4) is 0 Å². The van der Waals surface area contributed by atoms with Crippen LogP contribution in [0.15, 0.2) is 56.7 Å². The second-order valence-electron chi connectivity index (χ2n) is 4.25. The smallest absolute Gasteiger partial charge is 0.218 e. The van der Waals surface area contributed by atoms with Gasteiger partial charge in [-0.05, 0) is 42.0 Å². The average Bonchev–Trinajstić information content (AvgIpc) is 2.48. The molecule has 112 valence electrons. The molecule has 7 heteroatoms. The zero-order chi connectivity index (χ0) is 16.3. The third kappa shape index (κ3) is 3.71. The quantitative estimate of drug-likeness (QED) is 0.654. The normalized spacial score (nSPS) is 12.0. The van der Waals surface area contributed by atoms with Crippen LogP contribution in [0.2, 0.25) is 10.0 Å². The van der Waals surface area contributed by atoms with Gasteiger partial charge in [0.25, 0.3) is 0 Å². The van der Waals surface area contributed by atoms with Gasteiger partial charge in [0.05, 0.1) is 9.92 Å². The molecule has 0 aromatic heterocycles. The van der Waals surface area contributed by atoms with Crippen LogP contribution < -0.4 is 0 Å². The van der Waals surface area contributed by atoms with E-state index < -0.39 is 14.7 Å². The summed E-state index contributed by atoms with van der Waals surface area (Å²) in [7, 11) is -4.04. The number of nitrogens with zero attached hydrogens (tertiary/aromatic N) is 1. The first-order valence-electron chi connectivity index (χ1n) is 5.92. The summed E-state index contributed by atoms with van der Waals surface area (Å²) in [6, 6.07) is 12.7. The first-order chi connectivity index (χ1) is 10.3. The van der Waals surface area contributed by atoms with E-state index in [1.54, 1.807) is 30.3 Å². The van der Waals surface area contributed by atoms with Crippen LogP contribution in [0.25, 0.3) is 6.08 Å². The lowest BCUT2D eigenvalue weighted by molar-refractivity contribution is 0.603. The number of benzene rings is 2. The number of rotatable bonds is 3. The van der Waals surface area contributed by atoms with E-state index in [-0.39, 0.29) is 14.9 Å². The van der Waals surface area contributed by atoms with E-state index >= 15 is 0 Å². The molecule has 0 unspecified atom stereocenters. The summed E-state index contributed by atoms with van der Waals surface area (Å²) in [4.78, 5) is -0.592. The SMILES string of the molecule is N#C/C(=C\c1ccc(Br)cc1)S(=O)(=O)c1cc(Cl)ccc1Cl. The molecule has 0 radical (unpaired) electrons. The maximum Gasteiger partial charge on any atom is 0.218 e. The van der Waals surface area contributed by atoms with Gasteiger partial charge in [-0.25, -0.2) is 8.42 Å². The van der Waals surface area contributed by atoms with Gasteiger partial charge in [-0.3, -0.25) is 0 Å². The summed E-state index contributed by atoms with van der Waals surface area (Å²) in [6.45, 7) is 0. The van der Waals surface area contributed by atoms with E-state index in [0.717, 1.165) is 4.47 Å². The molecule has 0 bridgehead atoms. The van der Waals surface area contributed by atoms with Crippen molar-refractivity contribution in [3.8, 4) is 6.07 Å². The number of hydrogen-bond donors (Lipinski definition) is 0. The van der Waals surface area contributed by atoms with E-state index in [1.807, 2.05) is 0 Å². The molecular formula is C15H8BrCl2NO2S. The van der Waals surface area contributed by atoms with Crippen LogP contribution in [0, 0.1) is 11.3 Å². The van der Waals surface area contributed by atoms with E-state index in [0.29, 0.717) is 5.56 Å². The van der Waals surface area contributed by atoms with Gasteiger partial charge in [0.2, 0.25) is 9.84 Å². The minimum Gasteiger partial charge on any atom is -0.218 e. The summed E-state index contributed by atoms with van der Waals surface area (Å²) in [6.07, 6.45) is 1.29. The number of sulfone groups is 1. The molecule has 0 aliphatic carbocycles. The molecule has 0 N–H and O–H groups in total. The van der Waals surface area contributed by atoms with Crippen molar-refractivity contribution in [2.45, 2.75) is 4.90 Å². The van der Waals surface area contributed by atoms with E-state index in [9.17, 15) is 13.7 Å². The molecule has 0 saturated heterocycles. The highest BCUT2D eigenvalue weighted by Gasteiger charge is 2.24. The van der Waals surface area contributed by atoms with Crippen molar-refractivity contribution in [2.24, 2.45) is 0 Å². The Kier molecular flexibility index (Phi) is 5.30. The molecule has 0 aliphatic rings. The minimum atomic E-state index is -4.04. The van der Waals surface area contributed by atoms with Crippen molar-refractivity contribution in [1.82, 2.24) is 0 Å². The number of hydrogen-bond acceptors (Lipinski definition) is 3. The molecule has 0 saturated carbocycles. The van der Waals surface area contributed by atoms with Crippen molar-refractivity contribution < 1.29 is 8.42 Å². The molecule has 0 atom stereocenters. The molecule has 0 spiro atoms. The predicted molar refractivity (Wildman–Crippen MR) is 91.4 cm³/mol. The molecule has 0 amide bonds. The van der Waals surface area contributed by atoms with Crippen molar-refractivity contribution in [1.29, 1.82) is 5.26 Å². The Morgan fingerprint density at radius 2 is 1.77 bits per heavy atom. The third-order valence-corrected chi connectivity index (χ3v) is 5.66. The lowest BCUT2D eigenvalue weighted by Crippen LogP contribution is -2.04. The Morgan fingerprint density at radius 1 is 1.14 bits per heavy atom. The molecule has 0 heterocycles. The van der Waals surface area contributed by atoms with Gasteiger partial charge in [0, 0.05) is 9.50 Å². The van der Waals surface area contributed by atoms with Crippen molar-refractivity contribution >= 4 is 55.0 Å². The molecule has 2 aromatic rings. The number of nitriles is 1. The zero-order valence-electron chi connectivity index (χ0n) is 10.9. The highest BCUT2D eigenvalue weighted by molar-refractivity contribution is 9.10. The molecule has 22 heavy (non-hydrogen) atoms. The standard InChI is InChI=1S/C15H8BrCl2NO2S/c16-11-3-1-10(2-4-11)7-13(9-19)22(20,21)15-8-12(17)5-6-14(15)18/h1-8H/b13-7+. The van der Waals surface area contributed by atoms with Crippen LogP contribution >= 0.6 is 39.1 Å². The minimum absolute atomic E-state index is 0.0151. The van der Waals surface area contributed by atoms with E-state index in [4.69, 9.17) is 23.2 Å². The lowest BCUT2D eigenvalue weighted by atomic mass is 10.2. The second-order valence-corrected chi connectivity index (χ2v) is 7.90. The summed E-state index contributed by atoms with van der Waals surface area (Å²) in [5.41, 5.74) is 0.585. The first-order valence-corrected chi connectivity index (χ1v) is 8.95. The number of allylic oxidation sites excluding steroid dienone is 1. The van der Waals surface area contributed by atoms with Gasteiger partial charge in [-0.15, -0.1) is 0 Å². The summed E-state index contributed by atoms with van der Waals surface area (Å²) >= 11 is 15.0. The Bertz CT molecular complexity index is 885. The highest BCUT2D eigenvalue weighted by Crippen LogP contribution is 2.30. The van der Waals surface area contributed by atoms with Gasteiger partial charge in [0.15, 0.2) is 0 Å². The lowest BCUT2D eigenvalue weighted by Gasteiger charge is -2.06. The van der Waals surface area contributed by atoms with E-state index in [1.165, 1.54) is 24.3 Å². The molecule has 0 aliphatic heterocycles. The largest absolute Gasteiger partial charge is 0.218 e. The van der Waals surface area contributed by atoms with Gasteiger partial charge in [-0.1, -0.05) is 51.3 Å². The average molecular weight is 417 g/mol. The van der Waals surface area contributed by atoms with Crippen LogP contribution in [-0.2, 0) is 9.84 Å². The van der Waals surface area contributed by atoms with Gasteiger partial charge in [-0.2, -0.15) is 5.26 Å². The first kappa shape index (κ1) is 17.0. The highest BCUT2D eigenvalue weighted by atomic mass is 79.9. The molecule has 2 rings (SSSR count). The number of halogens is 3. The Hall–Kier alpha value is -1.32.